The SMILES string of the molecule is O=C(/C=C/c1cn(Cc2ccccc2)nn1)N[C@@H]1CCS(=O)(=O)C1. The van der Waals surface area contributed by atoms with Gasteiger partial charge in [-0.1, -0.05) is 35.5 Å². The Hall–Kier alpha value is -2.48. The number of carbonyl (C=O) groups is 1. The molecule has 0 saturated carbocycles. The highest BCUT2D eigenvalue weighted by Crippen LogP contribution is 2.11. The number of rotatable bonds is 5. The number of nitrogens with one attached hydrogen (secondary N) is 1. The van der Waals surface area contributed by atoms with Crippen LogP contribution in [0.3, 0.4) is 0 Å². The molecule has 1 fully saturated rings. The van der Waals surface area contributed by atoms with Crippen molar-refractivity contribution in [2.45, 2.75) is 19.0 Å². The Bertz CT molecular complexity index is 843. The van der Waals surface area contributed by atoms with Crippen molar-refractivity contribution in [3.63, 3.8) is 0 Å². The third kappa shape index (κ3) is 4.51. The number of sulfone groups is 1. The van der Waals surface area contributed by atoms with Gasteiger partial charge in [0.25, 0.3) is 0 Å². The molecule has 0 bridgehead atoms. The first kappa shape index (κ1) is 16.4. The van der Waals surface area contributed by atoms with Crippen molar-refractivity contribution >= 4 is 21.8 Å². The minimum atomic E-state index is -3.00. The second-order valence-corrected chi connectivity index (χ2v) is 8.00. The first-order chi connectivity index (χ1) is 11.5. The van der Waals surface area contributed by atoms with Crippen LogP contribution in [0.2, 0.25) is 0 Å². The summed E-state index contributed by atoms with van der Waals surface area (Å²) in [5.41, 5.74) is 1.68. The molecule has 0 spiro atoms. The van der Waals surface area contributed by atoms with Crippen LogP contribution in [-0.4, -0.2) is 46.9 Å². The Kier molecular flexibility index (Phi) is 4.75. The molecule has 7 nitrogen and oxygen atoms in total. The van der Waals surface area contributed by atoms with E-state index in [2.05, 4.69) is 15.6 Å². The van der Waals surface area contributed by atoms with Gasteiger partial charge in [0.05, 0.1) is 24.2 Å². The van der Waals surface area contributed by atoms with E-state index in [1.165, 1.54) is 6.08 Å². The van der Waals surface area contributed by atoms with Gasteiger partial charge in [-0.3, -0.25) is 4.79 Å². The summed E-state index contributed by atoms with van der Waals surface area (Å²) in [7, 11) is -3.00. The molecule has 0 aliphatic carbocycles. The van der Waals surface area contributed by atoms with Gasteiger partial charge in [0.15, 0.2) is 9.84 Å². The normalized spacial score (nSPS) is 19.6. The molecule has 0 radical (unpaired) electrons. The molecule has 1 saturated heterocycles. The number of amides is 1. The summed E-state index contributed by atoms with van der Waals surface area (Å²) < 4.78 is 24.4. The molecule has 1 aliphatic heterocycles. The molecule has 1 aliphatic rings. The Labute approximate surface area is 140 Å². The van der Waals surface area contributed by atoms with E-state index >= 15 is 0 Å². The molecule has 3 rings (SSSR count). The summed E-state index contributed by atoms with van der Waals surface area (Å²) in [5, 5.41) is 10.7. The Morgan fingerprint density at radius 3 is 2.83 bits per heavy atom. The highest BCUT2D eigenvalue weighted by molar-refractivity contribution is 7.91. The molecule has 1 aromatic carbocycles. The molecule has 8 heteroatoms. The standard InChI is InChI=1S/C16H18N4O3S/c21-16(17-15-8-9-24(22,23)12-15)7-6-14-11-20(19-18-14)10-13-4-2-1-3-5-13/h1-7,11,15H,8-10,12H2,(H,17,21)/b7-6+/t15-/m1/s1. The summed E-state index contributed by atoms with van der Waals surface area (Å²) in [6.07, 6.45) is 5.13. The number of hydrogen-bond donors (Lipinski definition) is 1. The highest BCUT2D eigenvalue weighted by atomic mass is 32.2. The molecule has 1 N–H and O–H groups in total. The van der Waals surface area contributed by atoms with Gasteiger partial charge in [-0.05, 0) is 18.1 Å². The van der Waals surface area contributed by atoms with Crippen molar-refractivity contribution in [3.05, 3.63) is 53.9 Å². The largest absolute Gasteiger partial charge is 0.349 e. The first-order valence-electron chi connectivity index (χ1n) is 7.63. The van der Waals surface area contributed by atoms with E-state index < -0.39 is 9.84 Å². The maximum absolute atomic E-state index is 11.8. The number of nitrogens with zero attached hydrogens (tertiary/aromatic N) is 3. The minimum absolute atomic E-state index is 0.0137. The minimum Gasteiger partial charge on any atom is -0.349 e. The summed E-state index contributed by atoms with van der Waals surface area (Å²) in [6, 6.07) is 9.57. The maximum Gasteiger partial charge on any atom is 0.244 e. The summed E-state index contributed by atoms with van der Waals surface area (Å²) in [6.45, 7) is 0.605. The second-order valence-electron chi connectivity index (χ2n) is 5.77. The summed E-state index contributed by atoms with van der Waals surface area (Å²) >= 11 is 0. The lowest BCUT2D eigenvalue weighted by atomic mass is 10.2. The van der Waals surface area contributed by atoms with E-state index in [-0.39, 0.29) is 23.5 Å². The maximum atomic E-state index is 11.8. The Balaban J connectivity index is 1.54. The van der Waals surface area contributed by atoms with Gasteiger partial charge in [0, 0.05) is 12.1 Å². The van der Waals surface area contributed by atoms with Crippen molar-refractivity contribution in [2.24, 2.45) is 0 Å². The summed E-state index contributed by atoms with van der Waals surface area (Å²) in [5.74, 6) is -0.176. The van der Waals surface area contributed by atoms with Gasteiger partial charge in [0.2, 0.25) is 5.91 Å². The van der Waals surface area contributed by atoms with Crippen molar-refractivity contribution in [3.8, 4) is 0 Å². The van der Waals surface area contributed by atoms with Gasteiger partial charge >= 0.3 is 0 Å². The zero-order valence-electron chi connectivity index (χ0n) is 13.0. The van der Waals surface area contributed by atoms with Crippen molar-refractivity contribution in [1.29, 1.82) is 0 Å². The topological polar surface area (TPSA) is 93.9 Å². The van der Waals surface area contributed by atoms with Crippen molar-refractivity contribution < 1.29 is 13.2 Å². The van der Waals surface area contributed by atoms with Gasteiger partial charge in [-0.25, -0.2) is 13.1 Å². The molecule has 24 heavy (non-hydrogen) atoms. The van der Waals surface area contributed by atoms with Crippen LogP contribution in [0, 0.1) is 0 Å². The Morgan fingerprint density at radius 1 is 1.33 bits per heavy atom. The summed E-state index contributed by atoms with van der Waals surface area (Å²) in [4.78, 5) is 11.8. The van der Waals surface area contributed by atoms with Gasteiger partial charge < -0.3 is 5.32 Å². The third-order valence-corrected chi connectivity index (χ3v) is 5.50. The van der Waals surface area contributed by atoms with Crippen LogP contribution in [0.25, 0.3) is 6.08 Å². The Morgan fingerprint density at radius 2 is 2.12 bits per heavy atom. The van der Waals surface area contributed by atoms with E-state index in [1.807, 2.05) is 30.3 Å². The van der Waals surface area contributed by atoms with E-state index in [4.69, 9.17) is 0 Å². The fourth-order valence-corrected chi connectivity index (χ4v) is 4.23. The monoisotopic (exact) mass is 346 g/mol. The predicted octanol–water partition coefficient (Wildman–Crippen LogP) is 0.643. The molecule has 2 heterocycles. The molecule has 1 amide bonds. The lowest BCUT2D eigenvalue weighted by molar-refractivity contribution is -0.116. The lowest BCUT2D eigenvalue weighted by Crippen LogP contribution is -2.34. The van der Waals surface area contributed by atoms with Crippen LogP contribution in [0.15, 0.2) is 42.6 Å². The molecule has 0 unspecified atom stereocenters. The van der Waals surface area contributed by atoms with Crippen LogP contribution in [0.5, 0.6) is 0 Å². The van der Waals surface area contributed by atoms with Gasteiger partial charge in [0.1, 0.15) is 5.69 Å². The zero-order chi connectivity index (χ0) is 17.0. The van der Waals surface area contributed by atoms with Crippen LogP contribution in [-0.2, 0) is 21.2 Å². The van der Waals surface area contributed by atoms with Crippen molar-refractivity contribution in [1.82, 2.24) is 20.3 Å². The first-order valence-corrected chi connectivity index (χ1v) is 9.45. The fourth-order valence-electron chi connectivity index (χ4n) is 2.56. The fraction of sp³-hybridized carbons (Fsp3) is 0.312. The lowest BCUT2D eigenvalue weighted by Gasteiger charge is -2.07. The average molecular weight is 346 g/mol. The second kappa shape index (κ2) is 6.96. The van der Waals surface area contributed by atoms with Crippen LogP contribution < -0.4 is 5.32 Å². The highest BCUT2D eigenvalue weighted by Gasteiger charge is 2.28. The van der Waals surface area contributed by atoms with Gasteiger partial charge in [-0.15, -0.1) is 5.10 Å². The quantitative estimate of drug-likeness (QED) is 0.802. The van der Waals surface area contributed by atoms with Crippen molar-refractivity contribution in [2.75, 3.05) is 11.5 Å². The average Bonchev–Trinajstić information content (AvgIpc) is 3.12. The number of benzene rings is 1. The molecule has 1 aromatic heterocycles. The molecule has 1 atom stereocenters. The number of hydrogen-bond acceptors (Lipinski definition) is 5. The molecular weight excluding hydrogens is 328 g/mol. The van der Waals surface area contributed by atoms with Crippen LogP contribution in [0.1, 0.15) is 17.7 Å². The van der Waals surface area contributed by atoms with E-state index in [0.29, 0.717) is 18.7 Å². The number of aromatic nitrogens is 3. The van der Waals surface area contributed by atoms with Gasteiger partial charge in [-0.2, -0.15) is 0 Å². The smallest absolute Gasteiger partial charge is 0.244 e. The predicted molar refractivity (Wildman–Crippen MR) is 89.8 cm³/mol. The molecule has 2 aromatic rings. The van der Waals surface area contributed by atoms with E-state index in [1.54, 1.807) is 17.0 Å². The van der Waals surface area contributed by atoms with E-state index in [0.717, 1.165) is 5.56 Å². The molecule has 126 valence electrons. The van der Waals surface area contributed by atoms with Crippen LogP contribution in [0.4, 0.5) is 0 Å². The molecular formula is C16H18N4O3S. The third-order valence-electron chi connectivity index (χ3n) is 3.73. The van der Waals surface area contributed by atoms with Crippen LogP contribution >= 0.6 is 0 Å². The number of carbonyl (C=O) groups excluding carboxylic acids is 1. The zero-order valence-corrected chi connectivity index (χ0v) is 13.8. The van der Waals surface area contributed by atoms with E-state index in [9.17, 15) is 13.2 Å².